The maximum Gasteiger partial charge on any atom is 0.0252 e. The SMILES string of the molecule is Cc1ccc(CN2CC(C)(C)NCCC2C)cc1. The number of nitrogens with one attached hydrogen (secondary N) is 1. The second-order valence-electron chi connectivity index (χ2n) is 6.34. The summed E-state index contributed by atoms with van der Waals surface area (Å²) in [6.45, 7) is 12.4. The van der Waals surface area contributed by atoms with E-state index >= 15 is 0 Å². The van der Waals surface area contributed by atoms with E-state index in [1.807, 2.05) is 0 Å². The molecule has 0 bridgehead atoms. The molecule has 2 heteroatoms. The van der Waals surface area contributed by atoms with Gasteiger partial charge in [-0.1, -0.05) is 29.8 Å². The first-order chi connectivity index (χ1) is 8.46. The zero-order valence-corrected chi connectivity index (χ0v) is 12.2. The third-order valence-electron chi connectivity index (χ3n) is 3.89. The third kappa shape index (κ3) is 3.56. The van der Waals surface area contributed by atoms with Crippen molar-refractivity contribution in [2.24, 2.45) is 0 Å². The summed E-state index contributed by atoms with van der Waals surface area (Å²) in [6, 6.07) is 9.59. The Morgan fingerprint density at radius 1 is 1.28 bits per heavy atom. The van der Waals surface area contributed by atoms with Gasteiger partial charge in [0.05, 0.1) is 0 Å². The van der Waals surface area contributed by atoms with Crippen LogP contribution in [0.15, 0.2) is 24.3 Å². The van der Waals surface area contributed by atoms with Crippen molar-refractivity contribution in [2.75, 3.05) is 13.1 Å². The smallest absolute Gasteiger partial charge is 0.0252 e. The minimum Gasteiger partial charge on any atom is -0.310 e. The molecule has 1 heterocycles. The lowest BCUT2D eigenvalue weighted by atomic mass is 10.0. The molecule has 0 aliphatic carbocycles. The highest BCUT2D eigenvalue weighted by Crippen LogP contribution is 2.18. The van der Waals surface area contributed by atoms with Crippen LogP contribution in [0, 0.1) is 6.92 Å². The van der Waals surface area contributed by atoms with E-state index in [2.05, 4.69) is 62.2 Å². The lowest BCUT2D eigenvalue weighted by molar-refractivity contribution is 0.173. The molecule has 1 aliphatic heterocycles. The molecule has 1 N–H and O–H groups in total. The number of hydrogen-bond acceptors (Lipinski definition) is 2. The van der Waals surface area contributed by atoms with Gasteiger partial charge in [-0.25, -0.2) is 0 Å². The maximum absolute atomic E-state index is 3.63. The maximum atomic E-state index is 3.63. The first-order valence-corrected chi connectivity index (χ1v) is 7.01. The van der Waals surface area contributed by atoms with Gasteiger partial charge in [0.15, 0.2) is 0 Å². The van der Waals surface area contributed by atoms with Crippen molar-refractivity contribution in [1.29, 1.82) is 0 Å². The fourth-order valence-corrected chi connectivity index (χ4v) is 2.66. The Kier molecular flexibility index (Phi) is 4.08. The Balaban J connectivity index is 2.07. The van der Waals surface area contributed by atoms with E-state index in [-0.39, 0.29) is 5.54 Å². The summed E-state index contributed by atoms with van der Waals surface area (Å²) < 4.78 is 0. The van der Waals surface area contributed by atoms with Crippen LogP contribution >= 0.6 is 0 Å². The molecular formula is C16H26N2. The van der Waals surface area contributed by atoms with Crippen LogP contribution in [0.25, 0.3) is 0 Å². The molecule has 1 aliphatic rings. The minimum absolute atomic E-state index is 0.218. The summed E-state index contributed by atoms with van der Waals surface area (Å²) >= 11 is 0. The summed E-state index contributed by atoms with van der Waals surface area (Å²) in [6.07, 6.45) is 1.23. The van der Waals surface area contributed by atoms with E-state index in [0.29, 0.717) is 6.04 Å². The second kappa shape index (κ2) is 5.41. The molecule has 0 radical (unpaired) electrons. The molecule has 0 aromatic heterocycles. The average Bonchev–Trinajstić information content (AvgIpc) is 2.42. The molecule has 1 aromatic carbocycles. The Hall–Kier alpha value is -0.860. The van der Waals surface area contributed by atoms with Gasteiger partial charge in [-0.2, -0.15) is 0 Å². The molecule has 0 saturated carbocycles. The second-order valence-corrected chi connectivity index (χ2v) is 6.34. The van der Waals surface area contributed by atoms with Crippen LogP contribution in [0.1, 0.15) is 38.3 Å². The molecule has 2 rings (SSSR count). The number of benzene rings is 1. The van der Waals surface area contributed by atoms with E-state index in [1.54, 1.807) is 0 Å². The highest BCUT2D eigenvalue weighted by Gasteiger charge is 2.27. The predicted molar refractivity (Wildman–Crippen MR) is 77.7 cm³/mol. The molecule has 2 nitrogen and oxygen atoms in total. The molecule has 1 saturated heterocycles. The third-order valence-corrected chi connectivity index (χ3v) is 3.89. The van der Waals surface area contributed by atoms with Crippen LogP contribution in [0.2, 0.25) is 0 Å². The van der Waals surface area contributed by atoms with Crippen molar-refractivity contribution in [3.8, 4) is 0 Å². The molecule has 1 fully saturated rings. The van der Waals surface area contributed by atoms with E-state index in [9.17, 15) is 0 Å². The largest absolute Gasteiger partial charge is 0.310 e. The van der Waals surface area contributed by atoms with Crippen molar-refractivity contribution in [2.45, 2.75) is 52.2 Å². The minimum atomic E-state index is 0.218. The Labute approximate surface area is 111 Å². The van der Waals surface area contributed by atoms with Gasteiger partial charge in [-0.3, -0.25) is 4.90 Å². The highest BCUT2D eigenvalue weighted by atomic mass is 15.2. The van der Waals surface area contributed by atoms with Gasteiger partial charge in [0.2, 0.25) is 0 Å². The molecule has 1 atom stereocenters. The van der Waals surface area contributed by atoms with Crippen LogP contribution in [0.3, 0.4) is 0 Å². The van der Waals surface area contributed by atoms with Crippen molar-refractivity contribution in [1.82, 2.24) is 10.2 Å². The Bertz CT molecular complexity index is 381. The quantitative estimate of drug-likeness (QED) is 0.863. The van der Waals surface area contributed by atoms with Gasteiger partial charge in [0.1, 0.15) is 0 Å². The standard InChI is InChI=1S/C16H26N2/c1-13-5-7-15(8-6-13)11-18-12-16(3,4)17-10-9-14(18)2/h5-8,14,17H,9-12H2,1-4H3. The summed E-state index contributed by atoms with van der Waals surface area (Å²) in [7, 11) is 0. The molecular weight excluding hydrogens is 220 g/mol. The van der Waals surface area contributed by atoms with Crippen LogP contribution in [0.4, 0.5) is 0 Å². The Morgan fingerprint density at radius 3 is 2.61 bits per heavy atom. The number of rotatable bonds is 2. The molecule has 100 valence electrons. The Morgan fingerprint density at radius 2 is 1.94 bits per heavy atom. The first kappa shape index (κ1) is 13.6. The molecule has 1 aromatic rings. The summed E-state index contributed by atoms with van der Waals surface area (Å²) in [5.74, 6) is 0. The van der Waals surface area contributed by atoms with Gasteiger partial charge in [-0.15, -0.1) is 0 Å². The predicted octanol–water partition coefficient (Wildman–Crippen LogP) is 2.96. The van der Waals surface area contributed by atoms with Crippen LogP contribution in [-0.2, 0) is 6.54 Å². The first-order valence-electron chi connectivity index (χ1n) is 7.01. The van der Waals surface area contributed by atoms with Gasteiger partial charge < -0.3 is 5.32 Å². The zero-order chi connectivity index (χ0) is 13.2. The van der Waals surface area contributed by atoms with Gasteiger partial charge >= 0.3 is 0 Å². The lowest BCUT2D eigenvalue weighted by Gasteiger charge is -2.33. The van der Waals surface area contributed by atoms with Gasteiger partial charge in [0.25, 0.3) is 0 Å². The van der Waals surface area contributed by atoms with E-state index in [0.717, 1.165) is 19.6 Å². The van der Waals surface area contributed by atoms with Crippen LogP contribution < -0.4 is 5.32 Å². The van der Waals surface area contributed by atoms with Crippen molar-refractivity contribution >= 4 is 0 Å². The summed E-state index contributed by atoms with van der Waals surface area (Å²) in [4.78, 5) is 2.60. The fourth-order valence-electron chi connectivity index (χ4n) is 2.66. The highest BCUT2D eigenvalue weighted by molar-refractivity contribution is 5.21. The zero-order valence-electron chi connectivity index (χ0n) is 12.2. The monoisotopic (exact) mass is 246 g/mol. The van der Waals surface area contributed by atoms with Crippen LogP contribution in [0.5, 0.6) is 0 Å². The molecule has 0 spiro atoms. The summed E-state index contributed by atoms with van der Waals surface area (Å²) in [5, 5.41) is 3.63. The fraction of sp³-hybridized carbons (Fsp3) is 0.625. The lowest BCUT2D eigenvalue weighted by Crippen LogP contribution is -2.47. The molecule has 18 heavy (non-hydrogen) atoms. The van der Waals surface area contributed by atoms with E-state index in [1.165, 1.54) is 17.5 Å². The van der Waals surface area contributed by atoms with Crippen molar-refractivity contribution < 1.29 is 0 Å². The van der Waals surface area contributed by atoms with E-state index in [4.69, 9.17) is 0 Å². The normalized spacial score (nSPS) is 24.8. The van der Waals surface area contributed by atoms with Crippen molar-refractivity contribution in [3.63, 3.8) is 0 Å². The molecule has 0 amide bonds. The van der Waals surface area contributed by atoms with Crippen molar-refractivity contribution in [3.05, 3.63) is 35.4 Å². The topological polar surface area (TPSA) is 15.3 Å². The van der Waals surface area contributed by atoms with E-state index < -0.39 is 0 Å². The number of aryl methyl sites for hydroxylation is 1. The van der Waals surface area contributed by atoms with Gasteiger partial charge in [-0.05, 0) is 46.2 Å². The molecule has 1 unspecified atom stereocenters. The average molecular weight is 246 g/mol. The number of hydrogen-bond donors (Lipinski definition) is 1. The summed E-state index contributed by atoms with van der Waals surface area (Å²) in [5.41, 5.74) is 2.98. The van der Waals surface area contributed by atoms with Gasteiger partial charge in [0, 0.05) is 24.7 Å². The number of nitrogens with zero attached hydrogens (tertiary/aromatic N) is 1. The van der Waals surface area contributed by atoms with Crippen LogP contribution in [-0.4, -0.2) is 29.6 Å².